The van der Waals surface area contributed by atoms with E-state index in [1.165, 1.54) is 6.39 Å². The van der Waals surface area contributed by atoms with Gasteiger partial charge in [-0.2, -0.15) is 0 Å². The monoisotopic (exact) mass is 169 g/mol. The van der Waals surface area contributed by atoms with Crippen molar-refractivity contribution in [3.8, 4) is 0 Å². The molecule has 0 aliphatic heterocycles. The molecule has 0 atom stereocenters. The van der Waals surface area contributed by atoms with Crippen LogP contribution >= 0.6 is 11.3 Å². The summed E-state index contributed by atoms with van der Waals surface area (Å²) in [6.45, 7) is 0.184. The summed E-state index contributed by atoms with van der Waals surface area (Å²) in [6.07, 6.45) is 2.13. The van der Waals surface area contributed by atoms with Crippen molar-refractivity contribution in [2.45, 2.75) is 6.42 Å². The lowest BCUT2D eigenvalue weighted by Crippen LogP contribution is -1.84. The van der Waals surface area contributed by atoms with Crippen molar-refractivity contribution in [3.63, 3.8) is 0 Å². The van der Waals surface area contributed by atoms with Crippen LogP contribution in [0.3, 0.4) is 0 Å². The smallest absolute Gasteiger partial charge is 0.182 e. The lowest BCUT2D eigenvalue weighted by atomic mass is 10.4. The van der Waals surface area contributed by atoms with Crippen LogP contribution in [0, 0.1) is 0 Å². The van der Waals surface area contributed by atoms with Gasteiger partial charge in [-0.3, -0.25) is 0 Å². The highest BCUT2D eigenvalue weighted by Crippen LogP contribution is 2.23. The number of hydrogen-bond acceptors (Lipinski definition) is 4. The quantitative estimate of drug-likeness (QED) is 0.739. The van der Waals surface area contributed by atoms with Crippen molar-refractivity contribution in [2.75, 3.05) is 6.61 Å². The molecule has 2 aromatic heterocycles. The fraction of sp³-hybridized carbons (Fsp3) is 0.286. The van der Waals surface area contributed by atoms with Gasteiger partial charge in [0.05, 0.1) is 0 Å². The van der Waals surface area contributed by atoms with Gasteiger partial charge in [-0.25, -0.2) is 4.98 Å². The summed E-state index contributed by atoms with van der Waals surface area (Å²) in [5.41, 5.74) is 0.818. The van der Waals surface area contributed by atoms with Gasteiger partial charge in [0.25, 0.3) is 0 Å². The average Bonchev–Trinajstić information content (AvgIpc) is 2.46. The maximum atomic E-state index is 8.64. The SMILES string of the molecule is OCCc1cc2ocnc2s1. The Morgan fingerprint density at radius 3 is 3.27 bits per heavy atom. The molecule has 0 fully saturated rings. The summed E-state index contributed by atoms with van der Waals surface area (Å²) in [6, 6.07) is 1.92. The third-order valence-corrected chi connectivity index (χ3v) is 2.52. The number of thiophene rings is 1. The number of nitrogens with zero attached hydrogens (tertiary/aromatic N) is 1. The Balaban J connectivity index is 2.42. The Morgan fingerprint density at radius 2 is 2.55 bits per heavy atom. The highest BCUT2D eigenvalue weighted by molar-refractivity contribution is 7.18. The Morgan fingerprint density at radius 1 is 1.64 bits per heavy atom. The minimum atomic E-state index is 0.184. The highest BCUT2D eigenvalue weighted by atomic mass is 32.1. The zero-order valence-corrected chi connectivity index (χ0v) is 6.60. The second-order valence-corrected chi connectivity index (χ2v) is 3.32. The van der Waals surface area contributed by atoms with E-state index in [4.69, 9.17) is 9.52 Å². The Kier molecular flexibility index (Phi) is 1.63. The van der Waals surface area contributed by atoms with E-state index in [0.717, 1.165) is 15.3 Å². The van der Waals surface area contributed by atoms with Crippen LogP contribution in [0.4, 0.5) is 0 Å². The van der Waals surface area contributed by atoms with Crippen LogP contribution in [0.25, 0.3) is 10.4 Å². The van der Waals surface area contributed by atoms with Crippen LogP contribution in [-0.4, -0.2) is 16.7 Å². The second kappa shape index (κ2) is 2.64. The van der Waals surface area contributed by atoms with Crippen molar-refractivity contribution >= 4 is 21.8 Å². The number of aliphatic hydroxyl groups is 1. The number of aliphatic hydroxyl groups excluding tert-OH is 1. The molecular weight excluding hydrogens is 162 g/mol. The van der Waals surface area contributed by atoms with Gasteiger partial charge in [0, 0.05) is 17.9 Å². The molecule has 0 aromatic carbocycles. The Labute approximate surface area is 67.3 Å². The molecular formula is C7H7NO2S. The first-order chi connectivity index (χ1) is 5.40. The first-order valence-electron chi connectivity index (χ1n) is 3.33. The molecule has 0 aliphatic carbocycles. The molecule has 3 nitrogen and oxygen atoms in total. The molecule has 0 saturated carbocycles. The van der Waals surface area contributed by atoms with Crippen LogP contribution in [0.2, 0.25) is 0 Å². The summed E-state index contributed by atoms with van der Waals surface area (Å²) < 4.78 is 5.06. The van der Waals surface area contributed by atoms with Gasteiger partial charge in [-0.15, -0.1) is 11.3 Å². The zero-order valence-electron chi connectivity index (χ0n) is 5.78. The van der Waals surface area contributed by atoms with E-state index in [0.29, 0.717) is 6.42 Å². The van der Waals surface area contributed by atoms with Gasteiger partial charge in [0.1, 0.15) is 0 Å². The summed E-state index contributed by atoms with van der Waals surface area (Å²) >= 11 is 1.56. The number of rotatable bonds is 2. The minimum Gasteiger partial charge on any atom is -0.443 e. The topological polar surface area (TPSA) is 46.3 Å². The van der Waals surface area contributed by atoms with Crippen molar-refractivity contribution in [2.24, 2.45) is 0 Å². The molecule has 58 valence electrons. The number of hydrogen-bond donors (Lipinski definition) is 1. The van der Waals surface area contributed by atoms with Gasteiger partial charge in [0.2, 0.25) is 0 Å². The van der Waals surface area contributed by atoms with Crippen molar-refractivity contribution < 1.29 is 9.52 Å². The predicted octanol–water partition coefficient (Wildman–Crippen LogP) is 1.42. The standard InChI is InChI=1S/C7H7NO2S/c9-2-1-5-3-6-7(11-5)8-4-10-6/h3-4,9H,1-2H2. The van der Waals surface area contributed by atoms with E-state index in [1.807, 2.05) is 6.07 Å². The number of oxazole rings is 1. The van der Waals surface area contributed by atoms with E-state index in [9.17, 15) is 0 Å². The van der Waals surface area contributed by atoms with Gasteiger partial charge < -0.3 is 9.52 Å². The molecule has 2 rings (SSSR count). The van der Waals surface area contributed by atoms with Crippen molar-refractivity contribution in [1.82, 2.24) is 4.98 Å². The van der Waals surface area contributed by atoms with E-state index >= 15 is 0 Å². The lowest BCUT2D eigenvalue weighted by Gasteiger charge is -1.85. The van der Waals surface area contributed by atoms with Crippen LogP contribution in [-0.2, 0) is 6.42 Å². The molecule has 11 heavy (non-hydrogen) atoms. The summed E-state index contributed by atoms with van der Waals surface area (Å²) in [5, 5.41) is 8.64. The van der Waals surface area contributed by atoms with Gasteiger partial charge in [0.15, 0.2) is 16.8 Å². The van der Waals surface area contributed by atoms with Gasteiger partial charge in [-0.1, -0.05) is 0 Å². The number of fused-ring (bicyclic) bond motifs is 1. The van der Waals surface area contributed by atoms with E-state index in [1.54, 1.807) is 11.3 Å². The second-order valence-electron chi connectivity index (χ2n) is 2.21. The van der Waals surface area contributed by atoms with Crippen LogP contribution < -0.4 is 0 Å². The summed E-state index contributed by atoms with van der Waals surface area (Å²) in [7, 11) is 0. The van der Waals surface area contributed by atoms with Gasteiger partial charge >= 0.3 is 0 Å². The van der Waals surface area contributed by atoms with Crippen molar-refractivity contribution in [3.05, 3.63) is 17.3 Å². The highest BCUT2D eigenvalue weighted by Gasteiger charge is 2.03. The summed E-state index contributed by atoms with van der Waals surface area (Å²) in [4.78, 5) is 6.02. The minimum absolute atomic E-state index is 0.184. The molecule has 0 saturated heterocycles. The summed E-state index contributed by atoms with van der Waals surface area (Å²) in [5.74, 6) is 0. The first-order valence-corrected chi connectivity index (χ1v) is 4.14. The van der Waals surface area contributed by atoms with Crippen LogP contribution in [0.5, 0.6) is 0 Å². The molecule has 2 heterocycles. The lowest BCUT2D eigenvalue weighted by molar-refractivity contribution is 0.300. The maximum absolute atomic E-state index is 8.64. The third-order valence-electron chi connectivity index (χ3n) is 1.44. The average molecular weight is 169 g/mol. The van der Waals surface area contributed by atoms with E-state index in [2.05, 4.69) is 4.98 Å². The van der Waals surface area contributed by atoms with Crippen LogP contribution in [0.1, 0.15) is 4.88 Å². The predicted molar refractivity (Wildman–Crippen MR) is 42.7 cm³/mol. The number of aromatic nitrogens is 1. The first kappa shape index (κ1) is 6.82. The largest absolute Gasteiger partial charge is 0.443 e. The fourth-order valence-electron chi connectivity index (χ4n) is 0.951. The molecule has 2 aromatic rings. The molecule has 0 radical (unpaired) electrons. The van der Waals surface area contributed by atoms with E-state index in [-0.39, 0.29) is 6.61 Å². The van der Waals surface area contributed by atoms with E-state index < -0.39 is 0 Å². The molecule has 0 spiro atoms. The normalized spacial score (nSPS) is 11.0. The molecule has 1 N–H and O–H groups in total. The molecule has 0 bridgehead atoms. The molecule has 0 unspecified atom stereocenters. The van der Waals surface area contributed by atoms with Gasteiger partial charge in [-0.05, 0) is 6.07 Å². The fourth-order valence-corrected chi connectivity index (χ4v) is 1.86. The maximum Gasteiger partial charge on any atom is 0.182 e. The van der Waals surface area contributed by atoms with Crippen molar-refractivity contribution in [1.29, 1.82) is 0 Å². The molecule has 0 aliphatic rings. The molecule has 4 heteroatoms. The zero-order chi connectivity index (χ0) is 7.68. The van der Waals surface area contributed by atoms with Crippen LogP contribution in [0.15, 0.2) is 16.9 Å². The Bertz CT molecular complexity index is 323. The molecule has 0 amide bonds. The third kappa shape index (κ3) is 1.15. The Hall–Kier alpha value is -0.870.